The van der Waals surface area contributed by atoms with Crippen LogP contribution in [-0.4, -0.2) is 11.8 Å². The number of carbonyl (C=O) groups is 2. The molecule has 0 radical (unpaired) electrons. The smallest absolute Gasteiger partial charge is 0.268 e. The number of thioether (sulfide) groups is 1. The first-order chi connectivity index (χ1) is 14.0. The zero-order chi connectivity index (χ0) is 20.5. The summed E-state index contributed by atoms with van der Waals surface area (Å²) in [5.41, 5.74) is 0.331. The van der Waals surface area contributed by atoms with Crippen molar-refractivity contribution in [1.82, 2.24) is 0 Å². The van der Waals surface area contributed by atoms with Crippen LogP contribution in [0, 0.1) is 11.6 Å². The van der Waals surface area contributed by atoms with E-state index >= 15 is 0 Å². The van der Waals surface area contributed by atoms with Crippen molar-refractivity contribution in [3.63, 3.8) is 0 Å². The molecule has 0 aromatic heterocycles. The number of anilines is 1. The SMILES string of the molecule is O=C1C(Sc2ccccc2)=C(c2ccc(Cl)cc2)C(=O)N1c1ccc(F)cc1F. The molecule has 1 heterocycles. The monoisotopic (exact) mass is 427 g/mol. The normalized spacial score (nSPS) is 14.1. The topological polar surface area (TPSA) is 37.4 Å². The van der Waals surface area contributed by atoms with Gasteiger partial charge in [0.15, 0.2) is 0 Å². The maximum atomic E-state index is 14.4. The predicted molar refractivity (Wildman–Crippen MR) is 110 cm³/mol. The summed E-state index contributed by atoms with van der Waals surface area (Å²) < 4.78 is 27.7. The Bertz CT molecular complexity index is 1150. The molecular formula is C22H12ClF2NO2S. The van der Waals surface area contributed by atoms with E-state index in [1.807, 2.05) is 18.2 Å². The molecule has 0 unspecified atom stereocenters. The van der Waals surface area contributed by atoms with Crippen molar-refractivity contribution in [2.45, 2.75) is 4.90 Å². The second-order valence-electron chi connectivity index (χ2n) is 6.17. The van der Waals surface area contributed by atoms with Crippen molar-refractivity contribution in [1.29, 1.82) is 0 Å². The van der Waals surface area contributed by atoms with Crippen molar-refractivity contribution >= 4 is 46.4 Å². The van der Waals surface area contributed by atoms with Gasteiger partial charge in [-0.2, -0.15) is 0 Å². The Morgan fingerprint density at radius 2 is 1.52 bits per heavy atom. The fraction of sp³-hybridized carbons (Fsp3) is 0. The number of benzene rings is 3. The number of hydrogen-bond donors (Lipinski definition) is 0. The largest absolute Gasteiger partial charge is 0.273 e. The van der Waals surface area contributed by atoms with E-state index in [1.165, 1.54) is 0 Å². The standard InChI is InChI=1S/C22H12ClF2NO2S/c23-14-8-6-13(7-9-14)19-20(29-16-4-2-1-3-5-16)22(28)26(21(19)27)18-11-10-15(24)12-17(18)25/h1-12H. The third-order valence-corrected chi connectivity index (χ3v) is 5.63. The van der Waals surface area contributed by atoms with Crippen LogP contribution in [0.4, 0.5) is 14.5 Å². The van der Waals surface area contributed by atoms with Gasteiger partial charge < -0.3 is 0 Å². The third kappa shape index (κ3) is 3.69. The van der Waals surface area contributed by atoms with Crippen molar-refractivity contribution in [2.75, 3.05) is 4.90 Å². The second-order valence-corrected chi connectivity index (χ2v) is 7.69. The van der Waals surface area contributed by atoms with E-state index in [0.29, 0.717) is 16.7 Å². The minimum atomic E-state index is -0.992. The van der Waals surface area contributed by atoms with Gasteiger partial charge in [0.2, 0.25) is 0 Å². The van der Waals surface area contributed by atoms with Gasteiger partial charge in [-0.15, -0.1) is 0 Å². The summed E-state index contributed by atoms with van der Waals surface area (Å²) >= 11 is 7.06. The lowest BCUT2D eigenvalue weighted by atomic mass is 10.1. The Labute approximate surface area is 174 Å². The van der Waals surface area contributed by atoms with E-state index < -0.39 is 23.4 Å². The van der Waals surface area contributed by atoms with Gasteiger partial charge in [0, 0.05) is 16.0 Å². The van der Waals surface area contributed by atoms with Crippen LogP contribution in [0.2, 0.25) is 5.02 Å². The minimum Gasteiger partial charge on any atom is -0.268 e. The summed E-state index contributed by atoms with van der Waals surface area (Å²) in [5.74, 6) is -3.14. The molecule has 0 aliphatic carbocycles. The molecule has 0 saturated heterocycles. The molecule has 1 aliphatic rings. The molecule has 1 aliphatic heterocycles. The van der Waals surface area contributed by atoms with E-state index in [4.69, 9.17) is 11.6 Å². The molecule has 0 bridgehead atoms. The van der Waals surface area contributed by atoms with Crippen LogP contribution >= 0.6 is 23.4 Å². The Hall–Kier alpha value is -2.96. The number of nitrogens with zero attached hydrogens (tertiary/aromatic N) is 1. The Kier molecular flexibility index (Phi) is 5.22. The molecule has 0 N–H and O–H groups in total. The molecule has 0 spiro atoms. The molecule has 3 aromatic rings. The molecule has 2 amide bonds. The van der Waals surface area contributed by atoms with E-state index in [9.17, 15) is 18.4 Å². The summed E-state index contributed by atoms with van der Waals surface area (Å²) in [4.78, 5) is 28.0. The highest BCUT2D eigenvalue weighted by molar-refractivity contribution is 8.04. The van der Waals surface area contributed by atoms with E-state index in [1.54, 1.807) is 36.4 Å². The molecule has 0 atom stereocenters. The van der Waals surface area contributed by atoms with Crippen molar-refractivity contribution in [3.8, 4) is 0 Å². The number of rotatable bonds is 4. The van der Waals surface area contributed by atoms with Gasteiger partial charge in [0.25, 0.3) is 11.8 Å². The summed E-state index contributed by atoms with van der Waals surface area (Å²) in [6.07, 6.45) is 0. The lowest BCUT2D eigenvalue weighted by molar-refractivity contribution is -0.119. The van der Waals surface area contributed by atoms with Gasteiger partial charge in [-0.1, -0.05) is 53.7 Å². The fourth-order valence-corrected chi connectivity index (χ4v) is 4.10. The van der Waals surface area contributed by atoms with Crippen molar-refractivity contribution < 1.29 is 18.4 Å². The summed E-state index contributed by atoms with van der Waals surface area (Å²) in [5, 5.41) is 0.477. The molecule has 144 valence electrons. The molecule has 0 saturated carbocycles. The molecule has 3 nitrogen and oxygen atoms in total. The first-order valence-electron chi connectivity index (χ1n) is 8.52. The number of hydrogen-bond acceptors (Lipinski definition) is 3. The van der Waals surface area contributed by atoms with Crippen LogP contribution < -0.4 is 4.90 Å². The van der Waals surface area contributed by atoms with E-state index in [-0.39, 0.29) is 16.2 Å². The second kappa shape index (κ2) is 7.81. The summed E-state index contributed by atoms with van der Waals surface area (Å²) in [6.45, 7) is 0. The molecular weight excluding hydrogens is 416 g/mol. The van der Waals surface area contributed by atoms with Gasteiger partial charge in [-0.05, 0) is 42.0 Å². The number of amides is 2. The van der Waals surface area contributed by atoms with Crippen LogP contribution in [0.25, 0.3) is 5.57 Å². The van der Waals surface area contributed by atoms with Crippen molar-refractivity contribution in [3.05, 3.63) is 99.9 Å². The van der Waals surface area contributed by atoms with E-state index in [2.05, 4.69) is 0 Å². The van der Waals surface area contributed by atoms with Crippen molar-refractivity contribution in [2.24, 2.45) is 0 Å². The lowest BCUT2D eigenvalue weighted by Crippen LogP contribution is -2.32. The molecule has 7 heteroatoms. The summed E-state index contributed by atoms with van der Waals surface area (Å²) in [6, 6.07) is 18.2. The predicted octanol–water partition coefficient (Wildman–Crippen LogP) is 5.70. The van der Waals surface area contributed by atoms with Gasteiger partial charge in [-0.25, -0.2) is 13.7 Å². The third-order valence-electron chi connectivity index (χ3n) is 4.29. The minimum absolute atomic E-state index is 0.143. The first kappa shape index (κ1) is 19.4. The quantitative estimate of drug-likeness (QED) is 0.501. The molecule has 29 heavy (non-hydrogen) atoms. The number of carbonyl (C=O) groups excluding carboxylic acids is 2. The zero-order valence-electron chi connectivity index (χ0n) is 14.7. The summed E-state index contributed by atoms with van der Waals surface area (Å²) in [7, 11) is 0. The van der Waals surface area contributed by atoms with Gasteiger partial charge in [-0.3, -0.25) is 9.59 Å². The van der Waals surface area contributed by atoms with Gasteiger partial charge in [0.05, 0.1) is 16.2 Å². The van der Waals surface area contributed by atoms with Crippen LogP contribution in [0.5, 0.6) is 0 Å². The van der Waals surface area contributed by atoms with Gasteiger partial charge in [0.1, 0.15) is 11.6 Å². The highest BCUT2D eigenvalue weighted by Crippen LogP contribution is 2.42. The van der Waals surface area contributed by atoms with Crippen LogP contribution in [0.15, 0.2) is 82.6 Å². The average Bonchev–Trinajstić information content (AvgIpc) is 2.94. The zero-order valence-corrected chi connectivity index (χ0v) is 16.3. The van der Waals surface area contributed by atoms with Crippen LogP contribution in [0.1, 0.15) is 5.56 Å². The first-order valence-corrected chi connectivity index (χ1v) is 9.72. The maximum absolute atomic E-state index is 14.4. The number of halogens is 3. The lowest BCUT2D eigenvalue weighted by Gasteiger charge is -2.16. The Morgan fingerprint density at radius 3 is 2.17 bits per heavy atom. The maximum Gasteiger partial charge on any atom is 0.273 e. The highest BCUT2D eigenvalue weighted by Gasteiger charge is 2.41. The average molecular weight is 428 g/mol. The molecule has 3 aromatic carbocycles. The molecule has 4 rings (SSSR count). The van der Waals surface area contributed by atoms with Gasteiger partial charge >= 0.3 is 0 Å². The van der Waals surface area contributed by atoms with Crippen LogP contribution in [-0.2, 0) is 9.59 Å². The Balaban J connectivity index is 1.84. The highest BCUT2D eigenvalue weighted by atomic mass is 35.5. The van der Waals surface area contributed by atoms with E-state index in [0.717, 1.165) is 33.7 Å². The fourth-order valence-electron chi connectivity index (χ4n) is 2.96. The Morgan fingerprint density at radius 1 is 0.828 bits per heavy atom. The molecule has 0 fully saturated rings. The number of imide groups is 1. The van der Waals surface area contributed by atoms with Crippen LogP contribution in [0.3, 0.4) is 0 Å².